The first-order valence-electron chi connectivity index (χ1n) is 6.81. The van der Waals surface area contributed by atoms with E-state index in [0.29, 0.717) is 12.2 Å². The number of morpholine rings is 1. The lowest BCUT2D eigenvalue weighted by Crippen LogP contribution is -2.53. The Morgan fingerprint density at radius 2 is 1.62 bits per heavy atom. The lowest BCUT2D eigenvalue weighted by molar-refractivity contribution is -0.0862. The minimum atomic E-state index is 0.410. The van der Waals surface area contributed by atoms with E-state index in [-0.39, 0.29) is 0 Å². The molecule has 2 rings (SSSR count). The van der Waals surface area contributed by atoms with E-state index in [2.05, 4.69) is 30.6 Å². The molecule has 2 saturated heterocycles. The molecule has 2 aliphatic rings. The molecule has 0 amide bonds. The molecule has 94 valence electrons. The molecule has 0 saturated carbocycles. The maximum Gasteiger partial charge on any atom is 0.0678 e. The summed E-state index contributed by atoms with van der Waals surface area (Å²) in [5.41, 5.74) is 0. The van der Waals surface area contributed by atoms with Crippen LogP contribution >= 0.6 is 0 Å². The highest BCUT2D eigenvalue weighted by Gasteiger charge is 2.29. The molecular weight excluding hydrogens is 200 g/mol. The Bertz CT molecular complexity index is 204. The highest BCUT2D eigenvalue weighted by atomic mass is 16.5. The van der Waals surface area contributed by atoms with Crippen molar-refractivity contribution in [2.75, 3.05) is 32.7 Å². The number of likely N-dealkylation sites (tertiary alicyclic amines) is 1. The van der Waals surface area contributed by atoms with Gasteiger partial charge in [0.2, 0.25) is 0 Å². The minimum absolute atomic E-state index is 0.410. The molecule has 0 aromatic rings. The van der Waals surface area contributed by atoms with Crippen LogP contribution in [0.15, 0.2) is 0 Å². The summed E-state index contributed by atoms with van der Waals surface area (Å²) >= 11 is 0. The molecule has 2 fully saturated rings. The first kappa shape index (κ1) is 12.3. The Morgan fingerprint density at radius 3 is 2.12 bits per heavy atom. The van der Waals surface area contributed by atoms with Crippen molar-refractivity contribution in [1.29, 1.82) is 0 Å². The Labute approximate surface area is 99.7 Å². The van der Waals surface area contributed by atoms with E-state index in [9.17, 15) is 0 Å². The fourth-order valence-corrected chi connectivity index (χ4v) is 3.12. The molecule has 2 heterocycles. The van der Waals surface area contributed by atoms with Crippen molar-refractivity contribution in [3.05, 3.63) is 0 Å². The Kier molecular flexibility index (Phi) is 4.22. The van der Waals surface area contributed by atoms with Crippen LogP contribution in [-0.2, 0) is 4.74 Å². The monoisotopic (exact) mass is 226 g/mol. The summed E-state index contributed by atoms with van der Waals surface area (Å²) < 4.78 is 5.80. The molecule has 3 heteroatoms. The van der Waals surface area contributed by atoms with Crippen LogP contribution in [0.3, 0.4) is 0 Å². The van der Waals surface area contributed by atoms with Crippen LogP contribution < -0.4 is 0 Å². The number of hydrogen-bond acceptors (Lipinski definition) is 3. The summed E-state index contributed by atoms with van der Waals surface area (Å²) in [5, 5.41) is 0. The Hall–Kier alpha value is -0.120. The molecule has 3 nitrogen and oxygen atoms in total. The predicted molar refractivity (Wildman–Crippen MR) is 66.7 cm³/mol. The van der Waals surface area contributed by atoms with Gasteiger partial charge in [-0.05, 0) is 46.3 Å². The highest BCUT2D eigenvalue weighted by molar-refractivity contribution is 4.84. The van der Waals surface area contributed by atoms with Crippen molar-refractivity contribution >= 4 is 0 Å². The van der Waals surface area contributed by atoms with E-state index in [1.807, 2.05) is 0 Å². The van der Waals surface area contributed by atoms with Crippen LogP contribution in [0.2, 0.25) is 0 Å². The minimum Gasteiger partial charge on any atom is -0.373 e. The van der Waals surface area contributed by atoms with E-state index in [4.69, 9.17) is 4.74 Å². The van der Waals surface area contributed by atoms with Gasteiger partial charge in [0, 0.05) is 19.1 Å². The number of hydrogen-bond donors (Lipinski definition) is 0. The maximum atomic E-state index is 5.80. The second-order valence-electron chi connectivity index (χ2n) is 5.38. The summed E-state index contributed by atoms with van der Waals surface area (Å²) in [6, 6.07) is 0.802. The van der Waals surface area contributed by atoms with Gasteiger partial charge in [-0.25, -0.2) is 0 Å². The standard InChI is InChI=1S/C13H26N2O/c1-4-14-7-5-13(6-8-14)15-9-11(2)16-12(3)10-15/h11-13H,4-10H2,1-3H3. The van der Waals surface area contributed by atoms with Gasteiger partial charge in [0.1, 0.15) is 0 Å². The third kappa shape index (κ3) is 2.96. The fraction of sp³-hybridized carbons (Fsp3) is 1.00. The fourth-order valence-electron chi connectivity index (χ4n) is 3.12. The molecule has 16 heavy (non-hydrogen) atoms. The molecule has 0 N–H and O–H groups in total. The summed E-state index contributed by atoms with van der Waals surface area (Å²) in [4.78, 5) is 5.22. The lowest BCUT2D eigenvalue weighted by atomic mass is 10.0. The first-order valence-corrected chi connectivity index (χ1v) is 6.81. The van der Waals surface area contributed by atoms with Gasteiger partial charge in [-0.15, -0.1) is 0 Å². The van der Waals surface area contributed by atoms with Crippen molar-refractivity contribution < 1.29 is 4.74 Å². The van der Waals surface area contributed by atoms with Gasteiger partial charge in [0.05, 0.1) is 12.2 Å². The third-order valence-electron chi connectivity index (χ3n) is 3.97. The highest BCUT2D eigenvalue weighted by Crippen LogP contribution is 2.21. The number of rotatable bonds is 2. The molecule has 0 aromatic carbocycles. The lowest BCUT2D eigenvalue weighted by Gasteiger charge is -2.43. The van der Waals surface area contributed by atoms with Crippen molar-refractivity contribution in [3.63, 3.8) is 0 Å². The SMILES string of the molecule is CCN1CCC(N2CC(C)OC(C)C2)CC1. The van der Waals surface area contributed by atoms with Gasteiger partial charge in [-0.3, -0.25) is 4.90 Å². The van der Waals surface area contributed by atoms with E-state index >= 15 is 0 Å². The van der Waals surface area contributed by atoms with Crippen molar-refractivity contribution in [1.82, 2.24) is 9.80 Å². The van der Waals surface area contributed by atoms with Crippen LogP contribution in [0, 0.1) is 0 Å². The topological polar surface area (TPSA) is 15.7 Å². The summed E-state index contributed by atoms with van der Waals surface area (Å²) in [5.74, 6) is 0. The van der Waals surface area contributed by atoms with Gasteiger partial charge in [0.15, 0.2) is 0 Å². The first-order chi connectivity index (χ1) is 7.69. The van der Waals surface area contributed by atoms with Crippen LogP contribution in [0.4, 0.5) is 0 Å². The van der Waals surface area contributed by atoms with Crippen LogP contribution in [0.25, 0.3) is 0 Å². The van der Waals surface area contributed by atoms with Crippen LogP contribution in [0.5, 0.6) is 0 Å². The molecule has 0 aliphatic carbocycles. The predicted octanol–water partition coefficient (Wildman–Crippen LogP) is 1.58. The van der Waals surface area contributed by atoms with Crippen molar-refractivity contribution in [2.24, 2.45) is 0 Å². The average Bonchev–Trinajstić information content (AvgIpc) is 2.28. The van der Waals surface area contributed by atoms with Crippen molar-refractivity contribution in [2.45, 2.75) is 51.9 Å². The Balaban J connectivity index is 1.83. The van der Waals surface area contributed by atoms with E-state index < -0.39 is 0 Å². The van der Waals surface area contributed by atoms with Gasteiger partial charge in [-0.1, -0.05) is 6.92 Å². The molecule has 2 atom stereocenters. The van der Waals surface area contributed by atoms with Gasteiger partial charge < -0.3 is 9.64 Å². The second kappa shape index (κ2) is 5.48. The van der Waals surface area contributed by atoms with E-state index in [1.54, 1.807) is 0 Å². The van der Waals surface area contributed by atoms with E-state index in [1.165, 1.54) is 32.5 Å². The van der Waals surface area contributed by atoms with Gasteiger partial charge in [-0.2, -0.15) is 0 Å². The maximum absolute atomic E-state index is 5.80. The van der Waals surface area contributed by atoms with Gasteiger partial charge in [0.25, 0.3) is 0 Å². The third-order valence-corrected chi connectivity index (χ3v) is 3.97. The molecule has 0 bridgehead atoms. The summed E-state index contributed by atoms with van der Waals surface area (Å²) in [6.07, 6.45) is 3.50. The zero-order valence-corrected chi connectivity index (χ0v) is 11.0. The molecule has 2 aliphatic heterocycles. The normalized spacial score (nSPS) is 35.4. The summed E-state index contributed by atoms with van der Waals surface area (Å²) in [7, 11) is 0. The zero-order chi connectivity index (χ0) is 11.5. The molecular formula is C13H26N2O. The largest absolute Gasteiger partial charge is 0.373 e. The van der Waals surface area contributed by atoms with E-state index in [0.717, 1.165) is 19.1 Å². The molecule has 0 radical (unpaired) electrons. The quantitative estimate of drug-likeness (QED) is 0.711. The molecule has 2 unspecified atom stereocenters. The second-order valence-corrected chi connectivity index (χ2v) is 5.38. The van der Waals surface area contributed by atoms with Crippen LogP contribution in [-0.4, -0.2) is 60.8 Å². The Morgan fingerprint density at radius 1 is 1.06 bits per heavy atom. The zero-order valence-electron chi connectivity index (χ0n) is 11.0. The number of piperidine rings is 1. The number of nitrogens with zero attached hydrogens (tertiary/aromatic N) is 2. The summed E-state index contributed by atoms with van der Waals surface area (Å²) in [6.45, 7) is 12.7. The number of ether oxygens (including phenoxy) is 1. The van der Waals surface area contributed by atoms with Crippen molar-refractivity contribution in [3.8, 4) is 0 Å². The van der Waals surface area contributed by atoms with Crippen LogP contribution in [0.1, 0.15) is 33.6 Å². The molecule has 0 spiro atoms. The molecule has 0 aromatic heterocycles. The smallest absolute Gasteiger partial charge is 0.0678 e. The average molecular weight is 226 g/mol. The van der Waals surface area contributed by atoms with Gasteiger partial charge >= 0.3 is 0 Å².